The lowest BCUT2D eigenvalue weighted by Gasteiger charge is -2.24. The van der Waals surface area contributed by atoms with Crippen LogP contribution in [0.15, 0.2) is 18.2 Å². The number of hydrogen-bond donors (Lipinski definition) is 1. The Morgan fingerprint density at radius 1 is 1.19 bits per heavy atom. The minimum absolute atomic E-state index is 0.191. The van der Waals surface area contributed by atoms with Crippen LogP contribution in [-0.2, 0) is 0 Å². The Labute approximate surface area is 97.5 Å². The monoisotopic (exact) mass is 224 g/mol. The van der Waals surface area contributed by atoms with Gasteiger partial charge in [-0.05, 0) is 24.6 Å². The zero-order chi connectivity index (χ0) is 12.3. The average Bonchev–Trinajstić information content (AvgIpc) is 2.16. The molecule has 1 aromatic carbocycles. The summed E-state index contributed by atoms with van der Waals surface area (Å²) in [6, 6.07) is 5.58. The Morgan fingerprint density at radius 3 is 2.31 bits per heavy atom. The molecule has 3 heteroatoms. The van der Waals surface area contributed by atoms with Crippen molar-refractivity contribution in [1.29, 1.82) is 0 Å². The molecule has 0 saturated carbocycles. The molecule has 1 atom stereocenters. The lowest BCUT2D eigenvalue weighted by molar-refractivity contribution is 0.505. The van der Waals surface area contributed by atoms with Crippen molar-refractivity contribution in [2.75, 3.05) is 19.0 Å². The van der Waals surface area contributed by atoms with E-state index >= 15 is 0 Å². The van der Waals surface area contributed by atoms with E-state index < -0.39 is 0 Å². The zero-order valence-electron chi connectivity index (χ0n) is 10.7. The molecule has 2 nitrogen and oxygen atoms in total. The van der Waals surface area contributed by atoms with Gasteiger partial charge in [0.25, 0.3) is 0 Å². The maximum Gasteiger partial charge on any atom is 0.125 e. The molecule has 0 amide bonds. The minimum atomic E-state index is -0.191. The number of nitrogens with zero attached hydrogens (tertiary/aromatic N) is 1. The second-order valence-electron chi connectivity index (χ2n) is 4.64. The molecule has 0 aliphatic carbocycles. The van der Waals surface area contributed by atoms with E-state index in [0.29, 0.717) is 6.04 Å². The van der Waals surface area contributed by atoms with E-state index in [9.17, 15) is 4.39 Å². The Kier molecular flexibility index (Phi) is 4.30. The zero-order valence-corrected chi connectivity index (χ0v) is 10.7. The molecule has 16 heavy (non-hydrogen) atoms. The highest BCUT2D eigenvalue weighted by Gasteiger charge is 2.13. The van der Waals surface area contributed by atoms with Crippen molar-refractivity contribution < 1.29 is 4.39 Å². The van der Waals surface area contributed by atoms with Gasteiger partial charge in [-0.25, -0.2) is 4.39 Å². The molecule has 1 unspecified atom stereocenters. The summed E-state index contributed by atoms with van der Waals surface area (Å²) in [7, 11) is 3.86. The highest BCUT2D eigenvalue weighted by molar-refractivity contribution is 5.54. The van der Waals surface area contributed by atoms with Crippen LogP contribution >= 0.6 is 0 Å². The Hall–Kier alpha value is -1.09. The molecule has 0 aliphatic rings. The molecule has 0 saturated heterocycles. The third-order valence-electron chi connectivity index (χ3n) is 2.52. The summed E-state index contributed by atoms with van der Waals surface area (Å²) in [5.74, 6) is -0.191. The standard InChI is InChI=1S/C13H21FN2/c1-9(2)15-10(3)12-7-6-11(14)8-13(12)16(4)5/h6-10,15H,1-5H3. The Balaban J connectivity index is 3.02. The van der Waals surface area contributed by atoms with Crippen LogP contribution in [0.3, 0.4) is 0 Å². The number of halogens is 1. The summed E-state index contributed by atoms with van der Waals surface area (Å²) < 4.78 is 13.2. The number of benzene rings is 1. The first kappa shape index (κ1) is 13.0. The van der Waals surface area contributed by atoms with Gasteiger partial charge in [0.1, 0.15) is 5.82 Å². The van der Waals surface area contributed by atoms with Crippen molar-refractivity contribution in [2.45, 2.75) is 32.9 Å². The molecule has 1 aromatic rings. The molecular weight excluding hydrogens is 203 g/mol. The summed E-state index contributed by atoms with van der Waals surface area (Å²) in [4.78, 5) is 1.94. The maximum absolute atomic E-state index is 13.2. The van der Waals surface area contributed by atoms with Crippen molar-refractivity contribution >= 4 is 5.69 Å². The minimum Gasteiger partial charge on any atom is -0.377 e. The van der Waals surface area contributed by atoms with Crippen molar-refractivity contribution in [3.63, 3.8) is 0 Å². The van der Waals surface area contributed by atoms with Gasteiger partial charge in [-0.3, -0.25) is 0 Å². The molecule has 0 bridgehead atoms. The summed E-state index contributed by atoms with van der Waals surface area (Å²) in [5.41, 5.74) is 2.06. The third-order valence-corrected chi connectivity index (χ3v) is 2.52. The fraction of sp³-hybridized carbons (Fsp3) is 0.538. The van der Waals surface area contributed by atoms with Crippen molar-refractivity contribution in [3.05, 3.63) is 29.6 Å². The van der Waals surface area contributed by atoms with E-state index in [1.54, 1.807) is 6.07 Å². The van der Waals surface area contributed by atoms with Crippen LogP contribution in [0.25, 0.3) is 0 Å². The van der Waals surface area contributed by atoms with E-state index in [1.165, 1.54) is 6.07 Å². The number of nitrogens with one attached hydrogen (secondary N) is 1. The van der Waals surface area contributed by atoms with Gasteiger partial charge in [-0.15, -0.1) is 0 Å². The Morgan fingerprint density at radius 2 is 1.81 bits per heavy atom. The molecular formula is C13H21FN2. The van der Waals surface area contributed by atoms with Gasteiger partial charge in [-0.1, -0.05) is 19.9 Å². The second-order valence-corrected chi connectivity index (χ2v) is 4.64. The van der Waals surface area contributed by atoms with E-state index in [2.05, 4.69) is 26.1 Å². The van der Waals surface area contributed by atoms with Crippen LogP contribution in [0.4, 0.5) is 10.1 Å². The Bertz CT molecular complexity index is 348. The third kappa shape index (κ3) is 3.20. The predicted octanol–water partition coefficient (Wildman–Crippen LogP) is 2.95. The summed E-state index contributed by atoms with van der Waals surface area (Å²) in [6.45, 7) is 6.31. The highest BCUT2D eigenvalue weighted by Crippen LogP contribution is 2.26. The second kappa shape index (κ2) is 5.30. The van der Waals surface area contributed by atoms with Crippen LogP contribution in [0.1, 0.15) is 32.4 Å². The van der Waals surface area contributed by atoms with Gasteiger partial charge >= 0.3 is 0 Å². The smallest absolute Gasteiger partial charge is 0.125 e. The summed E-state index contributed by atoms with van der Waals surface area (Å²) >= 11 is 0. The van der Waals surface area contributed by atoms with Crippen LogP contribution in [-0.4, -0.2) is 20.1 Å². The fourth-order valence-corrected chi connectivity index (χ4v) is 1.86. The summed E-state index contributed by atoms with van der Waals surface area (Å²) in [6.07, 6.45) is 0. The maximum atomic E-state index is 13.2. The molecule has 0 fully saturated rings. The first-order chi connectivity index (χ1) is 7.41. The normalized spacial score (nSPS) is 12.9. The van der Waals surface area contributed by atoms with Crippen molar-refractivity contribution in [2.24, 2.45) is 0 Å². The van der Waals surface area contributed by atoms with Crippen LogP contribution in [0.5, 0.6) is 0 Å². The first-order valence-corrected chi connectivity index (χ1v) is 5.64. The van der Waals surface area contributed by atoms with Gasteiger partial charge < -0.3 is 10.2 Å². The number of hydrogen-bond acceptors (Lipinski definition) is 2. The molecule has 1 rings (SSSR count). The first-order valence-electron chi connectivity index (χ1n) is 5.64. The van der Waals surface area contributed by atoms with Gasteiger partial charge in [0.15, 0.2) is 0 Å². The predicted molar refractivity (Wildman–Crippen MR) is 67.4 cm³/mol. The molecule has 0 radical (unpaired) electrons. The van der Waals surface area contributed by atoms with Gasteiger partial charge in [0.05, 0.1) is 0 Å². The fourth-order valence-electron chi connectivity index (χ4n) is 1.86. The van der Waals surface area contributed by atoms with Crippen molar-refractivity contribution in [1.82, 2.24) is 5.32 Å². The van der Waals surface area contributed by atoms with Crippen LogP contribution in [0, 0.1) is 5.82 Å². The van der Waals surface area contributed by atoms with Gasteiger partial charge in [-0.2, -0.15) is 0 Å². The summed E-state index contributed by atoms with van der Waals surface area (Å²) in [5, 5.41) is 3.42. The van der Waals surface area contributed by atoms with Gasteiger partial charge in [0.2, 0.25) is 0 Å². The van der Waals surface area contributed by atoms with E-state index in [0.717, 1.165) is 11.3 Å². The molecule has 0 heterocycles. The van der Waals surface area contributed by atoms with Crippen LogP contribution < -0.4 is 10.2 Å². The van der Waals surface area contributed by atoms with Crippen LogP contribution in [0.2, 0.25) is 0 Å². The van der Waals surface area contributed by atoms with E-state index in [4.69, 9.17) is 0 Å². The molecule has 90 valence electrons. The van der Waals surface area contributed by atoms with E-state index in [-0.39, 0.29) is 11.9 Å². The lowest BCUT2D eigenvalue weighted by atomic mass is 10.0. The molecule has 0 spiro atoms. The topological polar surface area (TPSA) is 15.3 Å². The van der Waals surface area contributed by atoms with E-state index in [1.807, 2.05) is 25.1 Å². The SMILES string of the molecule is CC(C)NC(C)c1ccc(F)cc1N(C)C. The lowest BCUT2D eigenvalue weighted by Crippen LogP contribution is -2.27. The number of anilines is 1. The molecule has 1 N–H and O–H groups in total. The molecule has 0 aliphatic heterocycles. The van der Waals surface area contributed by atoms with Crippen molar-refractivity contribution in [3.8, 4) is 0 Å². The number of rotatable bonds is 4. The highest BCUT2D eigenvalue weighted by atomic mass is 19.1. The molecule has 0 aromatic heterocycles. The quantitative estimate of drug-likeness (QED) is 0.846. The largest absolute Gasteiger partial charge is 0.377 e. The average molecular weight is 224 g/mol. The van der Waals surface area contributed by atoms with Gasteiger partial charge in [0, 0.05) is 31.9 Å².